The second-order valence-electron chi connectivity index (χ2n) is 8.81. The number of phenols is 1. The fraction of sp³-hybridized carbons (Fsp3) is 0.333. The number of likely N-dealkylation sites (tertiary alicyclic amines) is 1. The molecule has 6 heteroatoms. The van der Waals surface area contributed by atoms with Crippen molar-refractivity contribution in [2.75, 3.05) is 27.0 Å². The number of aromatic hydroxyl groups is 1. The third kappa shape index (κ3) is 3.37. The molecule has 3 aromatic carbocycles. The summed E-state index contributed by atoms with van der Waals surface area (Å²) >= 11 is 0. The lowest BCUT2D eigenvalue weighted by Crippen LogP contribution is -2.46. The van der Waals surface area contributed by atoms with Gasteiger partial charge in [0.1, 0.15) is 5.75 Å². The molecule has 0 saturated carbocycles. The lowest BCUT2D eigenvalue weighted by atomic mass is 9.73. The summed E-state index contributed by atoms with van der Waals surface area (Å²) in [7, 11) is 1.58. The number of hydrogen-bond donors (Lipinski definition) is 1. The summed E-state index contributed by atoms with van der Waals surface area (Å²) in [6.07, 6.45) is 2.15. The quantitative estimate of drug-likeness (QED) is 0.619. The molecule has 1 fully saturated rings. The molecule has 3 aromatic rings. The van der Waals surface area contributed by atoms with Crippen molar-refractivity contribution in [2.24, 2.45) is 0 Å². The summed E-state index contributed by atoms with van der Waals surface area (Å²) < 4.78 is 23.6. The topological polar surface area (TPSA) is 60.4 Å². The zero-order valence-electron chi connectivity index (χ0n) is 18.6. The molecule has 1 saturated heterocycles. The first-order valence-corrected chi connectivity index (χ1v) is 11.5. The Morgan fingerprint density at radius 2 is 1.64 bits per heavy atom. The van der Waals surface area contributed by atoms with Crippen LogP contribution >= 0.6 is 0 Å². The zero-order chi connectivity index (χ0) is 22.4. The van der Waals surface area contributed by atoms with Crippen molar-refractivity contribution in [1.29, 1.82) is 0 Å². The highest BCUT2D eigenvalue weighted by atomic mass is 16.7. The van der Waals surface area contributed by atoms with E-state index in [-0.39, 0.29) is 30.6 Å². The lowest BCUT2D eigenvalue weighted by Gasteiger charge is -2.44. The molecule has 3 heterocycles. The fourth-order valence-corrected chi connectivity index (χ4v) is 5.49. The monoisotopic (exact) mass is 445 g/mol. The Hall–Kier alpha value is -3.38. The molecule has 0 spiro atoms. The molecule has 3 atom stereocenters. The molecule has 0 radical (unpaired) electrons. The van der Waals surface area contributed by atoms with Crippen LogP contribution in [0.5, 0.6) is 28.7 Å². The molecule has 3 aliphatic rings. The standard InChI is InChI=1S/C27H27NO5/c1-30-20-11-7-10-18(26(20)29)25-19-14-22-23(32-16-31-22)15-21(19)33-27(28-12-5-6-13-28)24(25)17-8-3-2-4-9-17/h2-4,7-11,14-15,24-25,27,29H,5-6,12-13,16H2,1H3/t24-,25-,27-/m1/s1. The van der Waals surface area contributed by atoms with Crippen LogP contribution in [0.2, 0.25) is 0 Å². The minimum atomic E-state index is -0.168. The number of para-hydroxylation sites is 1. The molecular formula is C27H27NO5. The van der Waals surface area contributed by atoms with Gasteiger partial charge in [-0.3, -0.25) is 4.90 Å². The van der Waals surface area contributed by atoms with Gasteiger partial charge < -0.3 is 24.1 Å². The Kier molecular flexibility index (Phi) is 5.03. The van der Waals surface area contributed by atoms with Gasteiger partial charge in [0.15, 0.2) is 29.2 Å². The fourth-order valence-electron chi connectivity index (χ4n) is 5.49. The van der Waals surface area contributed by atoms with E-state index < -0.39 is 0 Å². The Balaban J connectivity index is 1.59. The molecule has 170 valence electrons. The van der Waals surface area contributed by atoms with Crippen LogP contribution in [0.4, 0.5) is 0 Å². The number of phenolic OH excluding ortho intramolecular Hbond substituents is 1. The summed E-state index contributed by atoms with van der Waals surface area (Å²) in [5.74, 6) is 2.61. The Labute approximate surface area is 193 Å². The van der Waals surface area contributed by atoms with Crippen LogP contribution in [0.3, 0.4) is 0 Å². The number of benzene rings is 3. The zero-order valence-corrected chi connectivity index (χ0v) is 18.6. The largest absolute Gasteiger partial charge is 0.504 e. The van der Waals surface area contributed by atoms with E-state index >= 15 is 0 Å². The molecule has 0 aliphatic carbocycles. The molecule has 0 aromatic heterocycles. The van der Waals surface area contributed by atoms with Crippen LogP contribution in [0.15, 0.2) is 60.7 Å². The first-order valence-electron chi connectivity index (χ1n) is 11.5. The number of rotatable bonds is 4. The molecule has 0 amide bonds. The highest BCUT2D eigenvalue weighted by Gasteiger charge is 2.45. The minimum Gasteiger partial charge on any atom is -0.504 e. The Morgan fingerprint density at radius 1 is 0.879 bits per heavy atom. The molecule has 6 nitrogen and oxygen atoms in total. The summed E-state index contributed by atoms with van der Waals surface area (Å²) in [5, 5.41) is 11.2. The number of ether oxygens (including phenoxy) is 4. The average Bonchev–Trinajstić information content (AvgIpc) is 3.54. The minimum absolute atomic E-state index is 0.0322. The van der Waals surface area contributed by atoms with Gasteiger partial charge in [-0.1, -0.05) is 42.5 Å². The third-order valence-electron chi connectivity index (χ3n) is 7.02. The van der Waals surface area contributed by atoms with E-state index in [0.29, 0.717) is 17.2 Å². The van der Waals surface area contributed by atoms with Crippen LogP contribution < -0.4 is 18.9 Å². The van der Waals surface area contributed by atoms with Crippen molar-refractivity contribution in [2.45, 2.75) is 30.9 Å². The van der Waals surface area contributed by atoms with Crippen molar-refractivity contribution < 1.29 is 24.1 Å². The van der Waals surface area contributed by atoms with E-state index in [4.69, 9.17) is 18.9 Å². The van der Waals surface area contributed by atoms with Crippen LogP contribution in [-0.2, 0) is 0 Å². The summed E-state index contributed by atoms with van der Waals surface area (Å²) in [6, 6.07) is 20.1. The second-order valence-corrected chi connectivity index (χ2v) is 8.81. The molecule has 33 heavy (non-hydrogen) atoms. The Morgan fingerprint density at radius 3 is 2.39 bits per heavy atom. The van der Waals surface area contributed by atoms with E-state index in [1.807, 2.05) is 30.3 Å². The molecule has 1 N–H and O–H groups in total. The van der Waals surface area contributed by atoms with Gasteiger partial charge >= 0.3 is 0 Å². The van der Waals surface area contributed by atoms with Crippen LogP contribution in [0.1, 0.15) is 41.4 Å². The molecule has 0 unspecified atom stereocenters. The first kappa shape index (κ1) is 20.2. The normalized spacial score (nSPS) is 23.7. The summed E-state index contributed by atoms with van der Waals surface area (Å²) in [4.78, 5) is 2.43. The van der Waals surface area contributed by atoms with Gasteiger partial charge in [0.05, 0.1) is 7.11 Å². The van der Waals surface area contributed by atoms with Crippen LogP contribution in [-0.4, -0.2) is 43.2 Å². The van der Waals surface area contributed by atoms with Crippen molar-refractivity contribution in [3.63, 3.8) is 0 Å². The highest BCUT2D eigenvalue weighted by molar-refractivity contribution is 5.60. The van der Waals surface area contributed by atoms with Crippen molar-refractivity contribution >= 4 is 0 Å². The predicted octanol–water partition coefficient (Wildman–Crippen LogP) is 4.86. The van der Waals surface area contributed by atoms with E-state index in [1.54, 1.807) is 13.2 Å². The maximum Gasteiger partial charge on any atom is 0.231 e. The summed E-state index contributed by atoms with van der Waals surface area (Å²) in [6.45, 7) is 2.18. The van der Waals surface area contributed by atoms with E-state index in [2.05, 4.69) is 29.2 Å². The molecular weight excluding hydrogens is 418 g/mol. The Bertz CT molecular complexity index is 1160. The second kappa shape index (κ2) is 8.19. The van der Waals surface area contributed by atoms with Crippen molar-refractivity contribution in [3.05, 3.63) is 77.4 Å². The van der Waals surface area contributed by atoms with Gasteiger partial charge in [-0.2, -0.15) is 0 Å². The van der Waals surface area contributed by atoms with Crippen LogP contribution in [0.25, 0.3) is 0 Å². The van der Waals surface area contributed by atoms with E-state index in [1.165, 1.54) is 5.56 Å². The summed E-state index contributed by atoms with van der Waals surface area (Å²) in [5.41, 5.74) is 2.97. The van der Waals surface area contributed by atoms with Crippen molar-refractivity contribution in [3.8, 4) is 28.7 Å². The number of methoxy groups -OCH3 is 1. The van der Waals surface area contributed by atoms with Gasteiger partial charge in [-0.15, -0.1) is 0 Å². The molecule has 0 bridgehead atoms. The van der Waals surface area contributed by atoms with Gasteiger partial charge in [0.25, 0.3) is 0 Å². The highest BCUT2D eigenvalue weighted by Crippen LogP contribution is 2.55. The number of nitrogens with zero attached hydrogens (tertiary/aromatic N) is 1. The van der Waals surface area contributed by atoms with Gasteiger partial charge in [-0.05, 0) is 30.5 Å². The first-order chi connectivity index (χ1) is 16.2. The maximum atomic E-state index is 11.2. The van der Waals surface area contributed by atoms with Gasteiger partial charge in [0, 0.05) is 42.1 Å². The third-order valence-corrected chi connectivity index (χ3v) is 7.02. The van der Waals surface area contributed by atoms with Crippen LogP contribution in [0, 0.1) is 0 Å². The lowest BCUT2D eigenvalue weighted by molar-refractivity contribution is 0.00286. The molecule has 6 rings (SSSR count). The van der Waals surface area contributed by atoms with Gasteiger partial charge in [-0.25, -0.2) is 0 Å². The van der Waals surface area contributed by atoms with Gasteiger partial charge in [0.2, 0.25) is 6.79 Å². The number of fused-ring (bicyclic) bond motifs is 2. The smallest absolute Gasteiger partial charge is 0.231 e. The average molecular weight is 446 g/mol. The predicted molar refractivity (Wildman–Crippen MR) is 123 cm³/mol. The SMILES string of the molecule is COc1cccc([C@@H]2c3cc4c(cc3O[C@@H](N3CCCC3)[C@@H]2c2ccccc2)OCO4)c1O. The number of hydrogen-bond acceptors (Lipinski definition) is 6. The van der Waals surface area contributed by atoms with Crippen molar-refractivity contribution in [1.82, 2.24) is 4.90 Å². The molecule has 3 aliphatic heterocycles. The maximum absolute atomic E-state index is 11.2. The van der Waals surface area contributed by atoms with E-state index in [0.717, 1.165) is 42.8 Å². The van der Waals surface area contributed by atoms with E-state index in [9.17, 15) is 5.11 Å².